The van der Waals surface area contributed by atoms with Gasteiger partial charge in [0, 0.05) is 66.2 Å². The fraction of sp³-hybridized carbons (Fsp3) is 0.737. The topological polar surface area (TPSA) is 63.1 Å². The number of anilines is 1. The third kappa shape index (κ3) is 4.91. The lowest BCUT2D eigenvalue weighted by atomic mass is 9.95. The number of nitrogens with zero attached hydrogens (tertiary/aromatic N) is 4. The molecule has 1 aromatic heterocycles. The van der Waals surface area contributed by atoms with Crippen LogP contribution in [0.1, 0.15) is 18.4 Å². The van der Waals surface area contributed by atoms with Gasteiger partial charge in [-0.05, 0) is 36.3 Å². The van der Waals surface area contributed by atoms with Crippen LogP contribution < -0.4 is 4.90 Å². The SMILES string of the molecule is CN(C)c1ccc(CN2C[C@@H](CO)[C@@H](CN3CCC(O)CC3)C2)cn1. The molecule has 2 fully saturated rings. The van der Waals surface area contributed by atoms with Crippen LogP contribution in [-0.2, 0) is 6.54 Å². The van der Waals surface area contributed by atoms with Gasteiger partial charge in [-0.15, -0.1) is 0 Å². The molecule has 140 valence electrons. The molecule has 3 heterocycles. The van der Waals surface area contributed by atoms with E-state index in [0.29, 0.717) is 11.8 Å². The zero-order valence-corrected chi connectivity index (χ0v) is 15.5. The quantitative estimate of drug-likeness (QED) is 0.787. The number of aliphatic hydroxyl groups excluding tert-OH is 2. The monoisotopic (exact) mass is 348 g/mol. The number of hydrogen-bond donors (Lipinski definition) is 2. The van der Waals surface area contributed by atoms with Crippen molar-refractivity contribution in [3.63, 3.8) is 0 Å². The molecule has 2 atom stereocenters. The van der Waals surface area contributed by atoms with E-state index in [4.69, 9.17) is 0 Å². The number of rotatable bonds is 6. The second-order valence-corrected chi connectivity index (χ2v) is 7.85. The first-order valence-electron chi connectivity index (χ1n) is 9.41. The summed E-state index contributed by atoms with van der Waals surface area (Å²) >= 11 is 0. The normalized spacial score (nSPS) is 26.2. The Morgan fingerprint density at radius 3 is 2.44 bits per heavy atom. The molecule has 25 heavy (non-hydrogen) atoms. The highest BCUT2D eigenvalue weighted by atomic mass is 16.3. The highest BCUT2D eigenvalue weighted by molar-refractivity contribution is 5.37. The van der Waals surface area contributed by atoms with Crippen molar-refractivity contribution in [2.24, 2.45) is 11.8 Å². The van der Waals surface area contributed by atoms with Crippen molar-refractivity contribution in [3.8, 4) is 0 Å². The Morgan fingerprint density at radius 2 is 1.84 bits per heavy atom. The van der Waals surface area contributed by atoms with Gasteiger partial charge in [0.15, 0.2) is 0 Å². The fourth-order valence-electron chi connectivity index (χ4n) is 4.05. The molecule has 2 saturated heterocycles. The maximum absolute atomic E-state index is 9.79. The van der Waals surface area contributed by atoms with Crippen LogP contribution in [0, 0.1) is 11.8 Å². The lowest BCUT2D eigenvalue weighted by molar-refractivity contribution is 0.0684. The molecular formula is C19H32N4O2. The molecule has 2 aliphatic heterocycles. The maximum Gasteiger partial charge on any atom is 0.127 e. The third-order valence-corrected chi connectivity index (χ3v) is 5.61. The summed E-state index contributed by atoms with van der Waals surface area (Å²) in [5.74, 6) is 1.83. The highest BCUT2D eigenvalue weighted by Crippen LogP contribution is 2.26. The van der Waals surface area contributed by atoms with E-state index in [1.807, 2.05) is 25.2 Å². The van der Waals surface area contributed by atoms with Gasteiger partial charge < -0.3 is 20.0 Å². The lowest BCUT2D eigenvalue weighted by Gasteiger charge is -2.32. The minimum absolute atomic E-state index is 0.123. The molecule has 0 radical (unpaired) electrons. The zero-order chi connectivity index (χ0) is 17.8. The van der Waals surface area contributed by atoms with Crippen molar-refractivity contribution in [1.82, 2.24) is 14.8 Å². The molecule has 0 spiro atoms. The molecule has 0 aliphatic carbocycles. The minimum Gasteiger partial charge on any atom is -0.396 e. The molecule has 0 aromatic carbocycles. The van der Waals surface area contributed by atoms with Crippen LogP contribution in [0.25, 0.3) is 0 Å². The number of pyridine rings is 1. The number of aliphatic hydroxyl groups is 2. The molecule has 3 rings (SSSR count). The third-order valence-electron chi connectivity index (χ3n) is 5.61. The lowest BCUT2D eigenvalue weighted by Crippen LogP contribution is -2.40. The predicted molar refractivity (Wildman–Crippen MR) is 99.6 cm³/mol. The molecule has 6 nitrogen and oxygen atoms in total. The Balaban J connectivity index is 1.53. The second-order valence-electron chi connectivity index (χ2n) is 7.85. The number of likely N-dealkylation sites (tertiary alicyclic amines) is 2. The minimum atomic E-state index is -0.123. The van der Waals surface area contributed by atoms with Crippen LogP contribution >= 0.6 is 0 Å². The molecule has 0 amide bonds. The first-order chi connectivity index (χ1) is 12.0. The van der Waals surface area contributed by atoms with Gasteiger partial charge >= 0.3 is 0 Å². The van der Waals surface area contributed by atoms with E-state index in [0.717, 1.165) is 57.9 Å². The summed E-state index contributed by atoms with van der Waals surface area (Å²) in [4.78, 5) is 11.4. The van der Waals surface area contributed by atoms with E-state index in [9.17, 15) is 10.2 Å². The Morgan fingerprint density at radius 1 is 1.12 bits per heavy atom. The van der Waals surface area contributed by atoms with Crippen LogP contribution in [0.15, 0.2) is 18.3 Å². The molecule has 0 unspecified atom stereocenters. The largest absolute Gasteiger partial charge is 0.396 e. The van der Waals surface area contributed by atoms with Crippen LogP contribution in [0.3, 0.4) is 0 Å². The van der Waals surface area contributed by atoms with Crippen LogP contribution in [0.2, 0.25) is 0 Å². The van der Waals surface area contributed by atoms with Crippen molar-refractivity contribution in [3.05, 3.63) is 23.9 Å². The van der Waals surface area contributed by atoms with Gasteiger partial charge in [0.25, 0.3) is 0 Å². The molecular weight excluding hydrogens is 316 g/mol. The Hall–Kier alpha value is -1.21. The predicted octanol–water partition coefficient (Wildman–Crippen LogP) is 0.645. The Labute approximate surface area is 151 Å². The standard InChI is InChI=1S/C19H32N4O2/c1-21(2)19-4-3-15(9-20-19)10-23-12-16(17(13-23)14-24)11-22-7-5-18(25)6-8-22/h3-4,9,16-18,24-25H,5-8,10-14H2,1-2H3/t16-,17-/m0/s1. The van der Waals surface area contributed by atoms with Crippen molar-refractivity contribution < 1.29 is 10.2 Å². The van der Waals surface area contributed by atoms with Crippen LogP contribution in [-0.4, -0.2) is 84.5 Å². The summed E-state index contributed by atoms with van der Waals surface area (Å²) in [6.07, 6.45) is 3.60. The molecule has 0 bridgehead atoms. The average Bonchev–Trinajstić information content (AvgIpc) is 2.99. The van der Waals surface area contributed by atoms with Crippen molar-refractivity contribution in [2.45, 2.75) is 25.5 Å². The van der Waals surface area contributed by atoms with Gasteiger partial charge in [0.1, 0.15) is 5.82 Å². The van der Waals surface area contributed by atoms with Crippen molar-refractivity contribution >= 4 is 5.82 Å². The van der Waals surface area contributed by atoms with E-state index in [1.165, 1.54) is 5.56 Å². The van der Waals surface area contributed by atoms with Gasteiger partial charge in [-0.3, -0.25) is 4.90 Å². The fourth-order valence-corrected chi connectivity index (χ4v) is 4.05. The molecule has 2 N–H and O–H groups in total. The van der Waals surface area contributed by atoms with E-state index in [2.05, 4.69) is 26.9 Å². The summed E-state index contributed by atoms with van der Waals surface area (Å²) in [5.41, 5.74) is 1.23. The highest BCUT2D eigenvalue weighted by Gasteiger charge is 2.34. The summed E-state index contributed by atoms with van der Waals surface area (Å²) in [7, 11) is 4.00. The summed E-state index contributed by atoms with van der Waals surface area (Å²) in [6.45, 7) is 6.12. The van der Waals surface area contributed by atoms with E-state index in [-0.39, 0.29) is 12.7 Å². The van der Waals surface area contributed by atoms with Crippen LogP contribution in [0.5, 0.6) is 0 Å². The van der Waals surface area contributed by atoms with Gasteiger partial charge in [-0.1, -0.05) is 6.07 Å². The van der Waals surface area contributed by atoms with Gasteiger partial charge in [0.2, 0.25) is 0 Å². The zero-order valence-electron chi connectivity index (χ0n) is 15.5. The van der Waals surface area contributed by atoms with E-state index >= 15 is 0 Å². The van der Waals surface area contributed by atoms with Gasteiger partial charge in [0.05, 0.1) is 6.10 Å². The summed E-state index contributed by atoms with van der Waals surface area (Å²) < 4.78 is 0. The number of aromatic nitrogens is 1. The molecule has 2 aliphatic rings. The average molecular weight is 348 g/mol. The Kier molecular flexibility index (Phi) is 6.28. The first-order valence-corrected chi connectivity index (χ1v) is 9.41. The van der Waals surface area contributed by atoms with Gasteiger partial charge in [-0.25, -0.2) is 4.98 Å². The molecule has 0 saturated carbocycles. The number of hydrogen-bond acceptors (Lipinski definition) is 6. The molecule has 6 heteroatoms. The summed E-state index contributed by atoms with van der Waals surface area (Å²) in [5, 5.41) is 19.4. The smallest absolute Gasteiger partial charge is 0.127 e. The van der Waals surface area contributed by atoms with E-state index in [1.54, 1.807) is 0 Å². The first kappa shape index (κ1) is 18.6. The second kappa shape index (κ2) is 8.45. The maximum atomic E-state index is 9.79. The Bertz CT molecular complexity index is 529. The van der Waals surface area contributed by atoms with Crippen molar-refractivity contribution in [1.29, 1.82) is 0 Å². The molecule has 1 aromatic rings. The summed E-state index contributed by atoms with van der Waals surface area (Å²) in [6, 6.07) is 4.21. The van der Waals surface area contributed by atoms with Gasteiger partial charge in [-0.2, -0.15) is 0 Å². The van der Waals surface area contributed by atoms with Crippen LogP contribution in [0.4, 0.5) is 5.82 Å². The number of piperidine rings is 1. The van der Waals surface area contributed by atoms with Crippen molar-refractivity contribution in [2.75, 3.05) is 58.3 Å². The van der Waals surface area contributed by atoms with E-state index < -0.39 is 0 Å².